The summed E-state index contributed by atoms with van der Waals surface area (Å²) >= 11 is 2.01. The fourth-order valence-corrected chi connectivity index (χ4v) is 3.80. The average molecular weight is 351 g/mol. The highest BCUT2D eigenvalue weighted by Gasteiger charge is 2.61. The Hall–Kier alpha value is -0.630. The molecule has 0 atom stereocenters. The molecule has 4 nitrogen and oxygen atoms in total. The van der Waals surface area contributed by atoms with E-state index < -0.39 is 14.8 Å². The van der Waals surface area contributed by atoms with Crippen molar-refractivity contribution in [1.82, 2.24) is 0 Å². The second kappa shape index (κ2) is 3.43. The summed E-state index contributed by atoms with van der Waals surface area (Å²) in [6.45, 7) is 2.86. The Balaban J connectivity index is 2.55. The molecule has 1 aromatic carbocycles. The third-order valence-corrected chi connectivity index (χ3v) is 5.88. The predicted octanol–water partition coefficient (Wildman–Crippen LogP) is 1.75. The van der Waals surface area contributed by atoms with Crippen molar-refractivity contribution in [3.8, 4) is 0 Å². The van der Waals surface area contributed by atoms with E-state index in [0.29, 0.717) is 5.69 Å². The molecule has 0 bridgehead atoms. The van der Waals surface area contributed by atoms with E-state index in [4.69, 9.17) is 0 Å². The van der Waals surface area contributed by atoms with Gasteiger partial charge in [-0.2, -0.15) is 0 Å². The van der Waals surface area contributed by atoms with Gasteiger partial charge in [-0.15, -0.1) is 0 Å². The molecule has 0 saturated carbocycles. The van der Waals surface area contributed by atoms with Crippen LogP contribution in [0, 0.1) is 3.57 Å². The number of hydrogen-bond acceptors (Lipinski definition) is 3. The summed E-state index contributed by atoms with van der Waals surface area (Å²) in [6, 6.07) is 6.91. The Labute approximate surface area is 108 Å². The Kier molecular flexibility index (Phi) is 2.54. The third kappa shape index (κ3) is 1.32. The minimum Gasteiger partial charge on any atom is -0.272 e. The van der Waals surface area contributed by atoms with Gasteiger partial charge in [-0.1, -0.05) is 12.1 Å². The Bertz CT molecular complexity index is 565. The van der Waals surface area contributed by atoms with Gasteiger partial charge in [0.15, 0.2) is 4.75 Å². The van der Waals surface area contributed by atoms with Crippen molar-refractivity contribution >= 4 is 44.2 Å². The molecule has 16 heavy (non-hydrogen) atoms. The first-order valence-electron chi connectivity index (χ1n) is 4.64. The summed E-state index contributed by atoms with van der Waals surface area (Å²) < 4.78 is 24.2. The number of sulfonamides is 1. The van der Waals surface area contributed by atoms with Crippen LogP contribution < -0.4 is 4.31 Å². The first kappa shape index (κ1) is 11.8. The average Bonchev–Trinajstić information content (AvgIpc) is 2.20. The second-order valence-electron chi connectivity index (χ2n) is 4.04. The van der Waals surface area contributed by atoms with E-state index in [-0.39, 0.29) is 5.91 Å². The van der Waals surface area contributed by atoms with E-state index in [1.54, 1.807) is 24.3 Å². The summed E-state index contributed by atoms with van der Waals surface area (Å²) in [4.78, 5) is 11.8. The number of carbonyl (C=O) groups excluding carboxylic acids is 1. The molecule has 1 fully saturated rings. The lowest BCUT2D eigenvalue weighted by molar-refractivity contribution is -0.120. The SMILES string of the molecule is CC1(C)C(=O)N(c2ccccc2I)S1(=O)=O. The first-order valence-corrected chi connectivity index (χ1v) is 7.16. The monoisotopic (exact) mass is 351 g/mol. The van der Waals surface area contributed by atoms with Gasteiger partial charge < -0.3 is 0 Å². The van der Waals surface area contributed by atoms with Crippen molar-refractivity contribution in [1.29, 1.82) is 0 Å². The highest BCUT2D eigenvalue weighted by Crippen LogP contribution is 2.40. The largest absolute Gasteiger partial charge is 0.272 e. The summed E-state index contributed by atoms with van der Waals surface area (Å²) in [5, 5.41) is 0. The number of halogens is 1. The van der Waals surface area contributed by atoms with E-state index in [1.165, 1.54) is 13.8 Å². The standard InChI is InChI=1S/C10H10INO3S/c1-10(2)9(13)12(16(10,14)15)8-6-4-3-5-7(8)11/h3-6H,1-2H3. The summed E-state index contributed by atoms with van der Waals surface area (Å²) in [7, 11) is -3.55. The van der Waals surface area contributed by atoms with Gasteiger partial charge in [0.25, 0.3) is 15.9 Å². The highest BCUT2D eigenvalue weighted by molar-refractivity contribution is 14.1. The van der Waals surface area contributed by atoms with Crippen molar-refractivity contribution < 1.29 is 13.2 Å². The van der Waals surface area contributed by atoms with Gasteiger partial charge in [0.05, 0.1) is 5.69 Å². The van der Waals surface area contributed by atoms with Crippen molar-refractivity contribution in [2.45, 2.75) is 18.6 Å². The molecule has 86 valence electrons. The fourth-order valence-electron chi connectivity index (χ4n) is 1.51. The molecule has 1 amide bonds. The second-order valence-corrected chi connectivity index (χ2v) is 7.53. The number of hydrogen-bond donors (Lipinski definition) is 0. The number of nitrogens with zero attached hydrogens (tertiary/aromatic N) is 1. The number of benzene rings is 1. The zero-order valence-electron chi connectivity index (χ0n) is 8.77. The minimum atomic E-state index is -3.55. The molecule has 6 heteroatoms. The highest BCUT2D eigenvalue weighted by atomic mass is 127. The van der Waals surface area contributed by atoms with Gasteiger partial charge in [0.1, 0.15) is 0 Å². The Morgan fingerprint density at radius 3 is 2.31 bits per heavy atom. The Morgan fingerprint density at radius 1 is 1.25 bits per heavy atom. The molecular formula is C10H10INO3S. The van der Waals surface area contributed by atoms with Crippen LogP contribution in [0.5, 0.6) is 0 Å². The lowest BCUT2D eigenvalue weighted by Crippen LogP contribution is -2.67. The molecule has 1 aliphatic heterocycles. The third-order valence-electron chi connectivity index (χ3n) is 2.66. The van der Waals surface area contributed by atoms with Crippen molar-refractivity contribution in [2.75, 3.05) is 4.31 Å². The zero-order valence-corrected chi connectivity index (χ0v) is 11.7. The van der Waals surface area contributed by atoms with Gasteiger partial charge in [-0.25, -0.2) is 12.7 Å². The van der Waals surface area contributed by atoms with E-state index in [2.05, 4.69) is 0 Å². The molecule has 0 aromatic heterocycles. The van der Waals surface area contributed by atoms with E-state index in [9.17, 15) is 13.2 Å². The predicted molar refractivity (Wildman–Crippen MR) is 69.6 cm³/mol. The molecule has 1 heterocycles. The van der Waals surface area contributed by atoms with Crippen molar-refractivity contribution in [3.05, 3.63) is 27.8 Å². The maximum absolute atomic E-state index is 11.9. The summed E-state index contributed by atoms with van der Waals surface area (Å²) in [6.07, 6.45) is 0. The maximum Gasteiger partial charge on any atom is 0.263 e. The van der Waals surface area contributed by atoms with Gasteiger partial charge in [0.2, 0.25) is 0 Å². The molecule has 0 aliphatic carbocycles. The van der Waals surface area contributed by atoms with Gasteiger partial charge in [-0.3, -0.25) is 4.79 Å². The number of carbonyl (C=O) groups is 1. The van der Waals surface area contributed by atoms with Crippen LogP contribution in [0.25, 0.3) is 0 Å². The molecule has 1 aliphatic rings. The van der Waals surface area contributed by atoms with Crippen LogP contribution in [0.3, 0.4) is 0 Å². The molecule has 1 aromatic rings. The molecule has 1 saturated heterocycles. The molecule has 0 radical (unpaired) electrons. The van der Waals surface area contributed by atoms with Crippen LogP contribution in [0.15, 0.2) is 24.3 Å². The normalized spacial score (nSPS) is 21.7. The van der Waals surface area contributed by atoms with Gasteiger partial charge >= 0.3 is 0 Å². The molecule has 0 spiro atoms. The van der Waals surface area contributed by atoms with Crippen LogP contribution in [-0.4, -0.2) is 19.1 Å². The van der Waals surface area contributed by atoms with E-state index in [1.807, 2.05) is 22.6 Å². The topological polar surface area (TPSA) is 54.5 Å². The quantitative estimate of drug-likeness (QED) is 0.725. The van der Waals surface area contributed by atoms with Gasteiger partial charge in [0, 0.05) is 3.57 Å². The van der Waals surface area contributed by atoms with Crippen LogP contribution in [-0.2, 0) is 14.8 Å². The lowest BCUT2D eigenvalue weighted by Gasteiger charge is -2.43. The maximum atomic E-state index is 11.9. The first-order chi connectivity index (χ1) is 7.30. The number of anilines is 1. The van der Waals surface area contributed by atoms with Gasteiger partial charge in [-0.05, 0) is 48.6 Å². The summed E-state index contributed by atoms with van der Waals surface area (Å²) in [5.74, 6) is -0.378. The molecule has 0 N–H and O–H groups in total. The molecule has 0 unspecified atom stereocenters. The fraction of sp³-hybridized carbons (Fsp3) is 0.300. The van der Waals surface area contributed by atoms with E-state index >= 15 is 0 Å². The lowest BCUT2D eigenvalue weighted by atomic mass is 10.1. The smallest absolute Gasteiger partial charge is 0.263 e. The zero-order chi connectivity index (χ0) is 12.1. The van der Waals surface area contributed by atoms with Crippen molar-refractivity contribution in [2.24, 2.45) is 0 Å². The van der Waals surface area contributed by atoms with Crippen LogP contribution in [0.2, 0.25) is 0 Å². The number of para-hydroxylation sites is 1. The molecule has 2 rings (SSSR count). The van der Waals surface area contributed by atoms with Crippen LogP contribution in [0.4, 0.5) is 5.69 Å². The van der Waals surface area contributed by atoms with Crippen LogP contribution in [0.1, 0.15) is 13.8 Å². The number of amides is 1. The van der Waals surface area contributed by atoms with Crippen LogP contribution >= 0.6 is 22.6 Å². The number of rotatable bonds is 1. The summed E-state index contributed by atoms with van der Waals surface area (Å²) in [5.41, 5.74) is 0.437. The van der Waals surface area contributed by atoms with E-state index in [0.717, 1.165) is 7.88 Å². The molecular weight excluding hydrogens is 341 g/mol. The van der Waals surface area contributed by atoms with Crippen molar-refractivity contribution in [3.63, 3.8) is 0 Å². The minimum absolute atomic E-state index is 0.378. The Morgan fingerprint density at radius 2 is 1.81 bits per heavy atom.